The second-order valence-corrected chi connectivity index (χ2v) is 5.95. The molecule has 5 nitrogen and oxygen atoms in total. The van der Waals surface area contributed by atoms with Crippen LogP contribution in [0, 0.1) is 6.92 Å². The van der Waals surface area contributed by atoms with Gasteiger partial charge in [-0.3, -0.25) is 9.59 Å². The molecule has 0 unspecified atom stereocenters. The van der Waals surface area contributed by atoms with Gasteiger partial charge in [-0.2, -0.15) is 0 Å². The van der Waals surface area contributed by atoms with Crippen molar-refractivity contribution >= 4 is 34.4 Å². The minimum absolute atomic E-state index is 0.0530. The van der Waals surface area contributed by atoms with Gasteiger partial charge in [-0.05, 0) is 18.6 Å². The fourth-order valence-corrected chi connectivity index (χ4v) is 2.67. The normalized spacial score (nSPS) is 10.5. The number of hydrogen-bond donors (Lipinski definition) is 1. The van der Waals surface area contributed by atoms with E-state index < -0.39 is 0 Å². The first-order chi connectivity index (χ1) is 11.6. The quantitative estimate of drug-likeness (QED) is 0.622. The zero-order valence-electron chi connectivity index (χ0n) is 13.4. The molecule has 2 amide bonds. The predicted molar refractivity (Wildman–Crippen MR) is 97.7 cm³/mol. The Labute approximate surface area is 145 Å². The van der Waals surface area contributed by atoms with E-state index in [4.69, 9.17) is 0 Å². The monoisotopic (exact) mass is 341 g/mol. The van der Waals surface area contributed by atoms with Crippen molar-refractivity contribution < 1.29 is 9.59 Å². The molecule has 0 saturated carbocycles. The summed E-state index contributed by atoms with van der Waals surface area (Å²) in [5.41, 5.74) is 1.77. The minimum atomic E-state index is -0.285. The van der Waals surface area contributed by atoms with E-state index in [1.165, 1.54) is 22.3 Å². The zero-order chi connectivity index (χ0) is 17.4. The molecule has 1 heterocycles. The molecule has 124 valence electrons. The average Bonchev–Trinajstić information content (AvgIpc) is 2.98. The van der Waals surface area contributed by atoms with Crippen LogP contribution in [0.25, 0.3) is 6.08 Å². The molecular formula is C18H19N3O2S. The molecule has 0 atom stereocenters. The maximum absolute atomic E-state index is 12.3. The highest BCUT2D eigenvalue weighted by molar-refractivity contribution is 7.13. The van der Waals surface area contributed by atoms with Gasteiger partial charge in [-0.15, -0.1) is 17.9 Å². The fourth-order valence-electron chi connectivity index (χ4n) is 1.97. The molecule has 0 bridgehead atoms. The lowest BCUT2D eigenvalue weighted by Gasteiger charge is -2.18. The van der Waals surface area contributed by atoms with E-state index in [-0.39, 0.29) is 18.4 Å². The molecule has 0 aliphatic carbocycles. The second-order valence-electron chi connectivity index (χ2n) is 5.09. The summed E-state index contributed by atoms with van der Waals surface area (Å²) < 4.78 is 0. The number of thiazole rings is 1. The van der Waals surface area contributed by atoms with E-state index >= 15 is 0 Å². The van der Waals surface area contributed by atoms with Gasteiger partial charge in [0.2, 0.25) is 11.8 Å². The Kier molecular flexibility index (Phi) is 6.45. The lowest BCUT2D eigenvalue weighted by Crippen LogP contribution is -2.37. The van der Waals surface area contributed by atoms with Crippen LogP contribution in [-0.2, 0) is 9.59 Å². The second kappa shape index (κ2) is 8.79. The van der Waals surface area contributed by atoms with Gasteiger partial charge in [-0.1, -0.05) is 36.4 Å². The van der Waals surface area contributed by atoms with Crippen molar-refractivity contribution in [2.75, 3.05) is 18.4 Å². The van der Waals surface area contributed by atoms with Gasteiger partial charge in [0.1, 0.15) is 6.54 Å². The predicted octanol–water partition coefficient (Wildman–Crippen LogP) is 3.12. The molecule has 0 spiro atoms. The molecular weight excluding hydrogens is 322 g/mol. The van der Waals surface area contributed by atoms with Crippen molar-refractivity contribution in [2.45, 2.75) is 6.92 Å². The third-order valence-electron chi connectivity index (χ3n) is 3.08. The molecule has 1 aromatic heterocycles. The van der Waals surface area contributed by atoms with Crippen molar-refractivity contribution in [3.63, 3.8) is 0 Å². The Hall–Kier alpha value is -2.73. The van der Waals surface area contributed by atoms with Crippen LogP contribution in [-0.4, -0.2) is 34.8 Å². The number of amides is 2. The maximum Gasteiger partial charge on any atom is 0.247 e. The van der Waals surface area contributed by atoms with Crippen molar-refractivity contribution in [3.8, 4) is 0 Å². The van der Waals surface area contributed by atoms with Gasteiger partial charge in [0.05, 0.1) is 5.69 Å². The van der Waals surface area contributed by atoms with E-state index in [9.17, 15) is 9.59 Å². The van der Waals surface area contributed by atoms with Gasteiger partial charge in [0.25, 0.3) is 0 Å². The zero-order valence-corrected chi connectivity index (χ0v) is 14.3. The van der Waals surface area contributed by atoms with E-state index in [1.807, 2.05) is 42.6 Å². The number of aryl methyl sites for hydroxylation is 1. The Morgan fingerprint density at radius 2 is 2.08 bits per heavy atom. The molecule has 0 radical (unpaired) electrons. The van der Waals surface area contributed by atoms with Crippen LogP contribution in [0.2, 0.25) is 0 Å². The van der Waals surface area contributed by atoms with Gasteiger partial charge in [0, 0.05) is 18.0 Å². The van der Waals surface area contributed by atoms with Gasteiger partial charge < -0.3 is 10.2 Å². The summed E-state index contributed by atoms with van der Waals surface area (Å²) in [7, 11) is 0. The van der Waals surface area contributed by atoms with Gasteiger partial charge in [-0.25, -0.2) is 4.98 Å². The summed E-state index contributed by atoms with van der Waals surface area (Å²) in [6, 6.07) is 9.51. The molecule has 1 N–H and O–H groups in total. The van der Waals surface area contributed by atoms with Crippen LogP contribution in [0.15, 0.2) is 54.4 Å². The highest BCUT2D eigenvalue weighted by Crippen LogP contribution is 2.14. The largest absolute Gasteiger partial charge is 0.326 e. The van der Waals surface area contributed by atoms with E-state index in [2.05, 4.69) is 16.9 Å². The third kappa shape index (κ3) is 5.48. The third-order valence-corrected chi connectivity index (χ3v) is 3.95. The number of nitrogens with one attached hydrogen (secondary N) is 1. The topological polar surface area (TPSA) is 62.3 Å². The summed E-state index contributed by atoms with van der Waals surface area (Å²) in [5.74, 6) is -0.531. The van der Waals surface area contributed by atoms with Crippen LogP contribution in [0.1, 0.15) is 11.3 Å². The number of anilines is 1. The lowest BCUT2D eigenvalue weighted by molar-refractivity contribution is -0.130. The first-order valence-corrected chi connectivity index (χ1v) is 8.31. The highest BCUT2D eigenvalue weighted by Gasteiger charge is 2.14. The van der Waals surface area contributed by atoms with E-state index in [0.29, 0.717) is 11.7 Å². The first-order valence-electron chi connectivity index (χ1n) is 7.43. The summed E-state index contributed by atoms with van der Waals surface area (Å²) in [6.45, 7) is 5.73. The van der Waals surface area contributed by atoms with Crippen molar-refractivity contribution in [3.05, 3.63) is 65.7 Å². The molecule has 6 heteroatoms. The number of carbonyl (C=O) groups excluding carboxylic acids is 2. The van der Waals surface area contributed by atoms with Crippen LogP contribution in [0.4, 0.5) is 5.13 Å². The number of carbonyl (C=O) groups is 2. The Bertz CT molecular complexity index is 738. The van der Waals surface area contributed by atoms with E-state index in [1.54, 1.807) is 12.2 Å². The Morgan fingerprint density at radius 3 is 2.71 bits per heavy atom. The summed E-state index contributed by atoms with van der Waals surface area (Å²) in [6.07, 6.45) is 4.77. The summed E-state index contributed by atoms with van der Waals surface area (Å²) in [4.78, 5) is 30.0. The van der Waals surface area contributed by atoms with Crippen LogP contribution in [0.5, 0.6) is 0 Å². The minimum Gasteiger partial charge on any atom is -0.326 e. The standard InChI is InChI=1S/C18H19N3O2S/c1-3-11-21(12-16(22)20-18-19-14(2)13-24-18)17(23)10-9-15-7-5-4-6-8-15/h3-10,13H,1,11-12H2,2H3,(H,19,20,22)/b10-9+. The molecule has 24 heavy (non-hydrogen) atoms. The SMILES string of the molecule is C=CCN(CC(=O)Nc1nc(C)cs1)C(=O)/C=C/c1ccccc1. The number of benzene rings is 1. The molecule has 1 aromatic carbocycles. The summed E-state index contributed by atoms with van der Waals surface area (Å²) in [5, 5.41) is 5.08. The maximum atomic E-state index is 12.3. The highest BCUT2D eigenvalue weighted by atomic mass is 32.1. The van der Waals surface area contributed by atoms with Gasteiger partial charge >= 0.3 is 0 Å². The van der Waals surface area contributed by atoms with Crippen LogP contribution < -0.4 is 5.32 Å². The average molecular weight is 341 g/mol. The van der Waals surface area contributed by atoms with E-state index in [0.717, 1.165) is 11.3 Å². The van der Waals surface area contributed by atoms with Crippen molar-refractivity contribution in [2.24, 2.45) is 0 Å². The number of hydrogen-bond acceptors (Lipinski definition) is 4. The van der Waals surface area contributed by atoms with Crippen LogP contribution >= 0.6 is 11.3 Å². The first kappa shape index (κ1) is 17.6. The molecule has 2 rings (SSSR count). The lowest BCUT2D eigenvalue weighted by atomic mass is 10.2. The van der Waals surface area contributed by atoms with Gasteiger partial charge in [0.15, 0.2) is 5.13 Å². The van der Waals surface area contributed by atoms with Crippen LogP contribution in [0.3, 0.4) is 0 Å². The molecule has 2 aromatic rings. The molecule has 0 saturated heterocycles. The van der Waals surface area contributed by atoms with Crippen molar-refractivity contribution in [1.29, 1.82) is 0 Å². The molecule has 0 aliphatic rings. The number of aromatic nitrogens is 1. The van der Waals surface area contributed by atoms with Crippen molar-refractivity contribution in [1.82, 2.24) is 9.88 Å². The summed E-state index contributed by atoms with van der Waals surface area (Å²) >= 11 is 1.35. The molecule has 0 fully saturated rings. The number of rotatable bonds is 7. The number of nitrogens with zero attached hydrogens (tertiary/aromatic N) is 2. The fraction of sp³-hybridized carbons (Fsp3) is 0.167. The smallest absolute Gasteiger partial charge is 0.247 e. The Balaban J connectivity index is 1.97. The Morgan fingerprint density at radius 1 is 1.33 bits per heavy atom. The molecule has 0 aliphatic heterocycles.